The lowest BCUT2D eigenvalue weighted by molar-refractivity contribution is 0.279. The van der Waals surface area contributed by atoms with Gasteiger partial charge in [0.15, 0.2) is 11.6 Å². The lowest BCUT2D eigenvalue weighted by Gasteiger charge is -2.22. The fraction of sp³-hybridized carbons (Fsp3) is 0.333. The predicted molar refractivity (Wildman–Crippen MR) is 79.4 cm³/mol. The van der Waals surface area contributed by atoms with E-state index in [2.05, 4.69) is 15.4 Å². The van der Waals surface area contributed by atoms with Gasteiger partial charge >= 0.3 is 6.01 Å². The van der Waals surface area contributed by atoms with Crippen LogP contribution in [0.4, 0.5) is 14.6 Å². The van der Waals surface area contributed by atoms with Crippen LogP contribution in [0.5, 0.6) is 6.01 Å². The number of hydrazine groups is 1. The lowest BCUT2D eigenvalue weighted by Crippen LogP contribution is -2.39. The van der Waals surface area contributed by atoms with Gasteiger partial charge in [0, 0.05) is 13.1 Å². The molecule has 0 radical (unpaired) electrons. The van der Waals surface area contributed by atoms with Gasteiger partial charge in [-0.2, -0.15) is 4.98 Å². The van der Waals surface area contributed by atoms with Crippen LogP contribution in [0, 0.1) is 11.6 Å². The minimum atomic E-state index is -0.531. The zero-order valence-corrected chi connectivity index (χ0v) is 12.5. The van der Waals surface area contributed by atoms with Crippen molar-refractivity contribution in [3.8, 4) is 6.01 Å². The molecule has 0 aliphatic rings. The van der Waals surface area contributed by atoms with Gasteiger partial charge in [-0.25, -0.2) is 19.2 Å². The van der Waals surface area contributed by atoms with Gasteiger partial charge in [0.05, 0.1) is 6.20 Å². The highest BCUT2D eigenvalue weighted by atomic mass is 19.1. The second kappa shape index (κ2) is 7.65. The molecule has 0 fully saturated rings. The van der Waals surface area contributed by atoms with E-state index in [0.29, 0.717) is 13.1 Å². The third-order valence-electron chi connectivity index (χ3n) is 2.91. The minimum Gasteiger partial charge on any atom is -0.459 e. The first kappa shape index (κ1) is 16.1. The summed E-state index contributed by atoms with van der Waals surface area (Å²) in [7, 11) is 0. The van der Waals surface area contributed by atoms with E-state index in [1.165, 1.54) is 12.1 Å². The zero-order chi connectivity index (χ0) is 15.9. The highest BCUT2D eigenvalue weighted by molar-refractivity contribution is 5.38. The summed E-state index contributed by atoms with van der Waals surface area (Å²) >= 11 is 0. The highest BCUT2D eigenvalue weighted by Gasteiger charge is 2.14. The zero-order valence-electron chi connectivity index (χ0n) is 12.5. The Morgan fingerprint density at radius 2 is 1.91 bits per heavy atom. The van der Waals surface area contributed by atoms with E-state index in [9.17, 15) is 8.78 Å². The van der Waals surface area contributed by atoms with Crippen molar-refractivity contribution in [1.29, 1.82) is 0 Å². The quantitative estimate of drug-likeness (QED) is 0.797. The molecule has 0 saturated carbocycles. The van der Waals surface area contributed by atoms with Crippen LogP contribution < -0.4 is 15.2 Å². The Kier molecular flexibility index (Phi) is 5.60. The van der Waals surface area contributed by atoms with Gasteiger partial charge in [0.1, 0.15) is 12.4 Å². The number of nitrogens with zero attached hydrogens (tertiary/aromatic N) is 3. The molecule has 0 atom stereocenters. The van der Waals surface area contributed by atoms with E-state index in [1.807, 2.05) is 13.8 Å². The monoisotopic (exact) mass is 308 g/mol. The molecule has 5 nitrogen and oxygen atoms in total. The molecule has 2 aromatic rings. The molecule has 0 amide bonds. The Bertz CT molecular complexity index is 607. The third-order valence-corrected chi connectivity index (χ3v) is 2.91. The number of nitrogens with one attached hydrogen (secondary N) is 1. The van der Waals surface area contributed by atoms with Gasteiger partial charge < -0.3 is 4.74 Å². The summed E-state index contributed by atoms with van der Waals surface area (Å²) < 4.78 is 32.1. The van der Waals surface area contributed by atoms with Crippen molar-refractivity contribution in [3.63, 3.8) is 0 Å². The van der Waals surface area contributed by atoms with Crippen molar-refractivity contribution in [1.82, 2.24) is 15.4 Å². The molecule has 7 heteroatoms. The summed E-state index contributed by atoms with van der Waals surface area (Å²) in [6, 6.07) is 5.98. The molecule has 2 rings (SSSR count). The summed E-state index contributed by atoms with van der Waals surface area (Å²) in [5.74, 6) is -0.710. The van der Waals surface area contributed by atoms with Crippen LogP contribution in [0.15, 0.2) is 30.5 Å². The molecule has 1 aromatic heterocycles. The molecule has 22 heavy (non-hydrogen) atoms. The van der Waals surface area contributed by atoms with Crippen LogP contribution in [0.3, 0.4) is 0 Å². The summed E-state index contributed by atoms with van der Waals surface area (Å²) in [6.45, 7) is 5.15. The average Bonchev–Trinajstić information content (AvgIpc) is 2.53. The number of rotatable bonds is 7. The summed E-state index contributed by atoms with van der Waals surface area (Å²) in [6.07, 6.45) is 1.07. The molecule has 118 valence electrons. The maximum atomic E-state index is 13.8. The number of anilines is 1. The molecular formula is C15H18F2N4O. The number of ether oxygens (including phenoxy) is 1. The van der Waals surface area contributed by atoms with Gasteiger partial charge in [-0.3, -0.25) is 5.01 Å². The molecule has 0 aliphatic heterocycles. The summed E-state index contributed by atoms with van der Waals surface area (Å²) in [4.78, 5) is 7.89. The maximum absolute atomic E-state index is 13.8. The van der Waals surface area contributed by atoms with Crippen molar-refractivity contribution < 1.29 is 13.5 Å². The first-order valence-electron chi connectivity index (χ1n) is 7.04. The fourth-order valence-corrected chi connectivity index (χ4v) is 1.86. The number of halogens is 2. The number of hydrogen-bond donors (Lipinski definition) is 1. The normalized spacial score (nSPS) is 10.5. The Labute approximate surface area is 127 Å². The van der Waals surface area contributed by atoms with E-state index in [-0.39, 0.29) is 24.3 Å². The molecule has 0 bridgehead atoms. The number of aromatic nitrogens is 2. The summed E-state index contributed by atoms with van der Waals surface area (Å²) in [5, 5.41) is 1.59. The van der Waals surface area contributed by atoms with E-state index in [0.717, 1.165) is 11.8 Å². The largest absolute Gasteiger partial charge is 0.459 e. The van der Waals surface area contributed by atoms with Crippen molar-refractivity contribution in [2.45, 2.75) is 20.5 Å². The fourth-order valence-electron chi connectivity index (χ4n) is 1.86. The van der Waals surface area contributed by atoms with Crippen molar-refractivity contribution >= 4 is 5.82 Å². The Balaban J connectivity index is 2.09. The second-order valence-electron chi connectivity index (χ2n) is 4.50. The van der Waals surface area contributed by atoms with Crippen LogP contribution >= 0.6 is 0 Å². The van der Waals surface area contributed by atoms with E-state index in [4.69, 9.17) is 4.74 Å². The number of hydrogen-bond acceptors (Lipinski definition) is 5. The van der Waals surface area contributed by atoms with Gasteiger partial charge in [-0.1, -0.05) is 19.1 Å². The topological polar surface area (TPSA) is 50.3 Å². The molecule has 0 spiro atoms. The van der Waals surface area contributed by atoms with Crippen LogP contribution in [-0.2, 0) is 6.61 Å². The standard InChI is InChI=1S/C15H18F2N4O/c1-3-19-21(4-2)14-13(17)9-18-15(20-14)22-10-11-5-7-12(16)8-6-11/h5-9,19H,3-4,10H2,1-2H3. The molecule has 0 aliphatic carbocycles. The minimum absolute atomic E-state index is 0.0667. The average molecular weight is 308 g/mol. The van der Waals surface area contributed by atoms with Crippen molar-refractivity contribution in [3.05, 3.63) is 47.7 Å². The second-order valence-corrected chi connectivity index (χ2v) is 4.50. The van der Waals surface area contributed by atoms with E-state index in [1.54, 1.807) is 17.1 Å². The Morgan fingerprint density at radius 3 is 2.55 bits per heavy atom. The smallest absolute Gasteiger partial charge is 0.318 e. The third kappa shape index (κ3) is 4.11. The van der Waals surface area contributed by atoms with Crippen LogP contribution in [0.2, 0.25) is 0 Å². The van der Waals surface area contributed by atoms with Crippen molar-refractivity contribution in [2.75, 3.05) is 18.1 Å². The lowest BCUT2D eigenvalue weighted by atomic mass is 10.2. The molecule has 1 aromatic carbocycles. The van der Waals surface area contributed by atoms with E-state index >= 15 is 0 Å². The SMILES string of the molecule is CCNN(CC)c1nc(OCc2ccc(F)cc2)ncc1F. The maximum Gasteiger partial charge on any atom is 0.318 e. The number of benzene rings is 1. The molecule has 1 N–H and O–H groups in total. The van der Waals surface area contributed by atoms with E-state index < -0.39 is 5.82 Å². The van der Waals surface area contributed by atoms with Gasteiger partial charge in [-0.05, 0) is 24.6 Å². The van der Waals surface area contributed by atoms with Crippen LogP contribution in [0.25, 0.3) is 0 Å². The first-order valence-corrected chi connectivity index (χ1v) is 7.04. The molecule has 0 saturated heterocycles. The van der Waals surface area contributed by atoms with Gasteiger partial charge in [0.25, 0.3) is 0 Å². The predicted octanol–water partition coefficient (Wildman–Crippen LogP) is 2.68. The Morgan fingerprint density at radius 1 is 1.18 bits per heavy atom. The first-order chi connectivity index (χ1) is 10.6. The van der Waals surface area contributed by atoms with Crippen LogP contribution in [-0.4, -0.2) is 23.1 Å². The van der Waals surface area contributed by atoms with Gasteiger partial charge in [-0.15, -0.1) is 0 Å². The highest BCUT2D eigenvalue weighted by Crippen LogP contribution is 2.17. The molecule has 1 heterocycles. The van der Waals surface area contributed by atoms with Gasteiger partial charge in [0.2, 0.25) is 0 Å². The summed E-state index contributed by atoms with van der Waals surface area (Å²) in [5.41, 5.74) is 3.78. The Hall–Kier alpha value is -2.28. The van der Waals surface area contributed by atoms with Crippen molar-refractivity contribution in [2.24, 2.45) is 0 Å². The molecular weight excluding hydrogens is 290 g/mol. The van der Waals surface area contributed by atoms with Crippen LogP contribution in [0.1, 0.15) is 19.4 Å². The molecule has 0 unspecified atom stereocenters.